The number of halogens is 1. The summed E-state index contributed by atoms with van der Waals surface area (Å²) in [5.41, 5.74) is 2.51. The average molecular weight is 206 g/mol. The van der Waals surface area contributed by atoms with Crippen LogP contribution in [0, 0.1) is 18.3 Å². The third-order valence-corrected chi connectivity index (χ3v) is 2.33. The SMILES string of the molecule is Cc1cc(Cl)cc2c1OCC(C#N)=C2. The van der Waals surface area contributed by atoms with Crippen LogP contribution in [0.25, 0.3) is 6.08 Å². The summed E-state index contributed by atoms with van der Waals surface area (Å²) in [6, 6.07) is 5.74. The molecule has 1 aromatic rings. The smallest absolute Gasteiger partial charge is 0.130 e. The van der Waals surface area contributed by atoms with Gasteiger partial charge in [-0.05, 0) is 30.7 Å². The number of nitriles is 1. The van der Waals surface area contributed by atoms with Gasteiger partial charge < -0.3 is 4.74 Å². The fourth-order valence-electron chi connectivity index (χ4n) is 1.50. The minimum atomic E-state index is 0.353. The minimum Gasteiger partial charge on any atom is -0.487 e. The fraction of sp³-hybridized carbons (Fsp3) is 0.182. The lowest BCUT2D eigenvalue weighted by molar-refractivity contribution is 0.349. The first-order chi connectivity index (χ1) is 6.70. The molecule has 0 saturated carbocycles. The normalized spacial score (nSPS) is 13.6. The van der Waals surface area contributed by atoms with Crippen LogP contribution in [0.5, 0.6) is 5.75 Å². The Morgan fingerprint density at radius 1 is 1.50 bits per heavy atom. The molecule has 1 aliphatic rings. The maximum atomic E-state index is 8.72. The second-order valence-electron chi connectivity index (χ2n) is 3.21. The summed E-state index contributed by atoms with van der Waals surface area (Å²) < 4.78 is 5.46. The Bertz CT molecular complexity index is 457. The fourth-order valence-corrected chi connectivity index (χ4v) is 1.79. The summed E-state index contributed by atoms with van der Waals surface area (Å²) in [4.78, 5) is 0. The van der Waals surface area contributed by atoms with Crippen LogP contribution in [-0.2, 0) is 0 Å². The standard InChI is InChI=1S/C11H8ClNO/c1-7-2-10(12)4-9-3-8(5-13)6-14-11(7)9/h2-4H,6H2,1H3. The lowest BCUT2D eigenvalue weighted by Crippen LogP contribution is -2.07. The van der Waals surface area contributed by atoms with Crippen LogP contribution >= 0.6 is 11.6 Å². The minimum absolute atomic E-state index is 0.353. The third kappa shape index (κ3) is 1.47. The quantitative estimate of drug-likeness (QED) is 0.653. The highest BCUT2D eigenvalue weighted by molar-refractivity contribution is 6.30. The van der Waals surface area contributed by atoms with Crippen molar-refractivity contribution in [3.8, 4) is 11.8 Å². The zero-order chi connectivity index (χ0) is 10.1. The molecule has 1 aliphatic heterocycles. The first-order valence-corrected chi connectivity index (χ1v) is 4.62. The molecule has 0 unspecified atom stereocenters. The van der Waals surface area contributed by atoms with Gasteiger partial charge in [0.2, 0.25) is 0 Å². The second-order valence-corrected chi connectivity index (χ2v) is 3.65. The maximum Gasteiger partial charge on any atom is 0.130 e. The van der Waals surface area contributed by atoms with Crippen LogP contribution in [-0.4, -0.2) is 6.61 Å². The van der Waals surface area contributed by atoms with E-state index in [1.54, 1.807) is 6.07 Å². The molecule has 70 valence electrons. The first-order valence-electron chi connectivity index (χ1n) is 4.24. The van der Waals surface area contributed by atoms with Crippen molar-refractivity contribution in [2.75, 3.05) is 6.61 Å². The molecule has 1 aromatic carbocycles. The van der Waals surface area contributed by atoms with Crippen molar-refractivity contribution in [1.29, 1.82) is 5.26 Å². The van der Waals surface area contributed by atoms with E-state index >= 15 is 0 Å². The summed E-state index contributed by atoms with van der Waals surface area (Å²) in [7, 11) is 0. The predicted molar refractivity (Wildman–Crippen MR) is 55.3 cm³/mol. The van der Waals surface area contributed by atoms with Gasteiger partial charge in [-0.2, -0.15) is 5.26 Å². The van der Waals surface area contributed by atoms with E-state index in [9.17, 15) is 0 Å². The summed E-state index contributed by atoms with van der Waals surface area (Å²) in [6.45, 7) is 2.29. The lowest BCUT2D eigenvalue weighted by atomic mass is 10.0. The molecule has 0 radical (unpaired) electrons. The molecule has 0 fully saturated rings. The van der Waals surface area contributed by atoms with E-state index in [4.69, 9.17) is 21.6 Å². The number of aryl methyl sites for hydroxylation is 1. The highest BCUT2D eigenvalue weighted by atomic mass is 35.5. The molecule has 0 spiro atoms. The monoisotopic (exact) mass is 205 g/mol. The van der Waals surface area contributed by atoms with Crippen molar-refractivity contribution in [3.05, 3.63) is 33.9 Å². The van der Waals surface area contributed by atoms with Gasteiger partial charge in [0.15, 0.2) is 0 Å². The molecule has 0 bridgehead atoms. The third-order valence-electron chi connectivity index (χ3n) is 2.11. The number of hydrogen-bond donors (Lipinski definition) is 0. The topological polar surface area (TPSA) is 33.0 Å². The second kappa shape index (κ2) is 3.36. The summed E-state index contributed by atoms with van der Waals surface area (Å²) in [5, 5.41) is 9.39. The van der Waals surface area contributed by atoms with E-state index in [-0.39, 0.29) is 0 Å². The largest absolute Gasteiger partial charge is 0.487 e. The Hall–Kier alpha value is -1.46. The van der Waals surface area contributed by atoms with E-state index in [2.05, 4.69) is 6.07 Å². The Balaban J connectivity index is 2.59. The van der Waals surface area contributed by atoms with Gasteiger partial charge in [0.1, 0.15) is 12.4 Å². The van der Waals surface area contributed by atoms with Crippen LogP contribution in [0.4, 0.5) is 0 Å². The molecule has 0 aromatic heterocycles. The van der Waals surface area contributed by atoms with E-state index in [1.165, 1.54) is 0 Å². The number of ether oxygens (including phenoxy) is 1. The Morgan fingerprint density at radius 3 is 3.00 bits per heavy atom. The molecule has 3 heteroatoms. The van der Waals surface area contributed by atoms with E-state index in [0.717, 1.165) is 16.9 Å². The van der Waals surface area contributed by atoms with Gasteiger partial charge in [0, 0.05) is 10.6 Å². The number of rotatable bonds is 0. The predicted octanol–water partition coefficient (Wildman–Crippen LogP) is 2.95. The lowest BCUT2D eigenvalue weighted by Gasteiger charge is -2.16. The Kier molecular flexibility index (Phi) is 2.18. The summed E-state index contributed by atoms with van der Waals surface area (Å²) >= 11 is 5.91. The zero-order valence-corrected chi connectivity index (χ0v) is 8.43. The molecule has 0 amide bonds. The number of nitrogens with zero attached hydrogens (tertiary/aromatic N) is 1. The average Bonchev–Trinajstić information content (AvgIpc) is 2.16. The first kappa shape index (κ1) is 9.11. The van der Waals surface area contributed by atoms with E-state index < -0.39 is 0 Å². The molecule has 0 aliphatic carbocycles. The van der Waals surface area contributed by atoms with Crippen molar-refractivity contribution >= 4 is 17.7 Å². The van der Waals surface area contributed by atoms with Crippen LogP contribution in [0.15, 0.2) is 17.7 Å². The molecule has 2 nitrogen and oxygen atoms in total. The van der Waals surface area contributed by atoms with Gasteiger partial charge in [-0.1, -0.05) is 11.6 Å². The molecular formula is C11H8ClNO. The van der Waals surface area contributed by atoms with E-state index in [1.807, 2.05) is 19.1 Å². The van der Waals surface area contributed by atoms with Crippen LogP contribution in [0.3, 0.4) is 0 Å². The van der Waals surface area contributed by atoms with Crippen molar-refractivity contribution in [3.63, 3.8) is 0 Å². The Morgan fingerprint density at radius 2 is 2.29 bits per heavy atom. The van der Waals surface area contributed by atoms with Gasteiger partial charge >= 0.3 is 0 Å². The molecule has 0 N–H and O–H groups in total. The molecular weight excluding hydrogens is 198 g/mol. The van der Waals surface area contributed by atoms with Crippen LogP contribution in [0.2, 0.25) is 5.02 Å². The van der Waals surface area contributed by atoms with Crippen LogP contribution in [0.1, 0.15) is 11.1 Å². The van der Waals surface area contributed by atoms with Crippen molar-refractivity contribution in [2.45, 2.75) is 6.92 Å². The molecule has 0 saturated heterocycles. The van der Waals surface area contributed by atoms with Crippen LogP contribution < -0.4 is 4.74 Å². The van der Waals surface area contributed by atoms with Gasteiger partial charge in [0.25, 0.3) is 0 Å². The van der Waals surface area contributed by atoms with Crippen molar-refractivity contribution < 1.29 is 4.74 Å². The molecule has 0 atom stereocenters. The van der Waals surface area contributed by atoms with Crippen molar-refractivity contribution in [1.82, 2.24) is 0 Å². The van der Waals surface area contributed by atoms with Crippen molar-refractivity contribution in [2.24, 2.45) is 0 Å². The summed E-state index contributed by atoms with van der Waals surface area (Å²) in [6.07, 6.45) is 1.82. The number of hydrogen-bond acceptors (Lipinski definition) is 2. The Labute approximate surface area is 87.4 Å². The van der Waals surface area contributed by atoms with Gasteiger partial charge in [-0.25, -0.2) is 0 Å². The number of benzene rings is 1. The molecule has 1 heterocycles. The van der Waals surface area contributed by atoms with E-state index in [0.29, 0.717) is 17.2 Å². The highest BCUT2D eigenvalue weighted by Crippen LogP contribution is 2.32. The zero-order valence-electron chi connectivity index (χ0n) is 7.67. The van der Waals surface area contributed by atoms with Gasteiger partial charge in [-0.15, -0.1) is 0 Å². The molecule has 2 rings (SSSR count). The number of fused-ring (bicyclic) bond motifs is 1. The van der Waals surface area contributed by atoms with Gasteiger partial charge in [-0.3, -0.25) is 0 Å². The highest BCUT2D eigenvalue weighted by Gasteiger charge is 2.13. The molecule has 14 heavy (non-hydrogen) atoms. The summed E-state index contributed by atoms with van der Waals surface area (Å²) in [5.74, 6) is 0.827. The van der Waals surface area contributed by atoms with Gasteiger partial charge in [0.05, 0.1) is 11.6 Å². The maximum absolute atomic E-state index is 8.72.